The molecule has 8 heteroatoms. The summed E-state index contributed by atoms with van der Waals surface area (Å²) < 4.78 is 44.4. The highest BCUT2D eigenvalue weighted by Crippen LogP contribution is 2.30. The molecule has 1 aliphatic rings. The van der Waals surface area contributed by atoms with Crippen molar-refractivity contribution in [1.82, 2.24) is 15.5 Å². The molecule has 0 radical (unpaired) electrons. The van der Waals surface area contributed by atoms with E-state index in [0.29, 0.717) is 6.61 Å². The van der Waals surface area contributed by atoms with Crippen molar-refractivity contribution in [3.8, 4) is 5.75 Å². The minimum absolute atomic E-state index is 0.0509. The molecule has 1 saturated heterocycles. The van der Waals surface area contributed by atoms with Gasteiger partial charge in [0.15, 0.2) is 0 Å². The largest absolute Gasteiger partial charge is 0.492 e. The van der Waals surface area contributed by atoms with Gasteiger partial charge in [0.1, 0.15) is 12.4 Å². The van der Waals surface area contributed by atoms with Gasteiger partial charge < -0.3 is 20.5 Å². The second kappa shape index (κ2) is 11.7. The molecule has 2 aromatic rings. The first-order chi connectivity index (χ1) is 15.3. The molecule has 1 aliphatic heterocycles. The van der Waals surface area contributed by atoms with Gasteiger partial charge in [-0.1, -0.05) is 24.3 Å². The van der Waals surface area contributed by atoms with Crippen LogP contribution in [0.4, 0.5) is 13.2 Å². The van der Waals surface area contributed by atoms with E-state index in [2.05, 4.69) is 15.5 Å². The van der Waals surface area contributed by atoms with Crippen molar-refractivity contribution >= 4 is 0 Å². The molecule has 0 saturated carbocycles. The van der Waals surface area contributed by atoms with Crippen LogP contribution in [0.5, 0.6) is 5.75 Å². The lowest BCUT2D eigenvalue weighted by Gasteiger charge is -2.26. The molecular formula is C24H32F3N3O2. The highest BCUT2D eigenvalue weighted by Gasteiger charge is 2.30. The maximum absolute atomic E-state index is 12.9. The molecule has 32 heavy (non-hydrogen) atoms. The molecule has 0 spiro atoms. The Bertz CT molecular complexity index is 824. The maximum Gasteiger partial charge on any atom is 0.416 e. The van der Waals surface area contributed by atoms with Crippen LogP contribution in [0.1, 0.15) is 29.7 Å². The lowest BCUT2D eigenvalue weighted by Crippen LogP contribution is -2.44. The van der Waals surface area contributed by atoms with Crippen LogP contribution in [0.2, 0.25) is 0 Å². The molecule has 0 bridgehead atoms. The van der Waals surface area contributed by atoms with E-state index in [4.69, 9.17) is 4.74 Å². The quantitative estimate of drug-likeness (QED) is 0.518. The molecule has 1 heterocycles. The highest BCUT2D eigenvalue weighted by molar-refractivity contribution is 5.28. The fourth-order valence-electron chi connectivity index (χ4n) is 3.73. The van der Waals surface area contributed by atoms with Gasteiger partial charge in [-0.25, -0.2) is 0 Å². The Morgan fingerprint density at radius 1 is 1.12 bits per heavy atom. The molecule has 2 aromatic carbocycles. The second-order valence-corrected chi connectivity index (χ2v) is 8.24. The summed E-state index contributed by atoms with van der Waals surface area (Å²) in [5, 5.41) is 16.8. The topological polar surface area (TPSA) is 56.8 Å². The summed E-state index contributed by atoms with van der Waals surface area (Å²) in [4.78, 5) is 2.38. The van der Waals surface area contributed by atoms with Gasteiger partial charge in [-0.2, -0.15) is 13.2 Å². The first-order valence-corrected chi connectivity index (χ1v) is 11.0. The molecular weight excluding hydrogens is 419 g/mol. The molecule has 5 nitrogen and oxygen atoms in total. The minimum Gasteiger partial charge on any atom is -0.492 e. The average Bonchev–Trinajstić information content (AvgIpc) is 2.79. The number of alkyl halides is 3. The Labute approximate surface area is 187 Å². The summed E-state index contributed by atoms with van der Waals surface area (Å²) in [7, 11) is 0. The Kier molecular flexibility index (Phi) is 8.92. The fourth-order valence-corrected chi connectivity index (χ4v) is 3.73. The van der Waals surface area contributed by atoms with Crippen molar-refractivity contribution in [1.29, 1.82) is 0 Å². The van der Waals surface area contributed by atoms with Crippen LogP contribution in [0, 0.1) is 0 Å². The zero-order valence-electron chi connectivity index (χ0n) is 18.4. The molecule has 3 rings (SSSR count). The Morgan fingerprint density at radius 3 is 2.53 bits per heavy atom. The van der Waals surface area contributed by atoms with Crippen LogP contribution in [0.3, 0.4) is 0 Å². The van der Waals surface area contributed by atoms with E-state index >= 15 is 0 Å². The van der Waals surface area contributed by atoms with Crippen LogP contribution in [0.25, 0.3) is 0 Å². The summed E-state index contributed by atoms with van der Waals surface area (Å²) >= 11 is 0. The smallest absolute Gasteiger partial charge is 0.416 e. The molecule has 2 unspecified atom stereocenters. The van der Waals surface area contributed by atoms with E-state index < -0.39 is 17.8 Å². The van der Waals surface area contributed by atoms with Gasteiger partial charge in [-0.3, -0.25) is 4.90 Å². The van der Waals surface area contributed by atoms with Crippen LogP contribution < -0.4 is 15.4 Å². The first-order valence-electron chi connectivity index (χ1n) is 11.0. The summed E-state index contributed by atoms with van der Waals surface area (Å²) in [5.74, 6) is 0.837. The van der Waals surface area contributed by atoms with Gasteiger partial charge in [-0.15, -0.1) is 0 Å². The van der Waals surface area contributed by atoms with Crippen molar-refractivity contribution < 1.29 is 23.0 Å². The number of rotatable bonds is 10. The van der Waals surface area contributed by atoms with Crippen LogP contribution in [0.15, 0.2) is 48.5 Å². The van der Waals surface area contributed by atoms with Crippen LogP contribution >= 0.6 is 0 Å². The number of aliphatic hydroxyl groups excluding tert-OH is 1. The van der Waals surface area contributed by atoms with Gasteiger partial charge in [0.2, 0.25) is 0 Å². The zero-order chi connectivity index (χ0) is 23.0. The van der Waals surface area contributed by atoms with Gasteiger partial charge in [-0.05, 0) is 48.7 Å². The number of nitrogens with one attached hydrogen (secondary N) is 2. The third-order valence-electron chi connectivity index (χ3n) is 5.61. The van der Waals surface area contributed by atoms with Crippen molar-refractivity contribution in [2.45, 2.75) is 31.7 Å². The molecule has 0 aromatic heterocycles. The average molecular weight is 452 g/mol. The summed E-state index contributed by atoms with van der Waals surface area (Å²) in [6.07, 6.45) is -4.69. The number of benzene rings is 2. The number of hydrogen-bond donors (Lipinski definition) is 3. The normalized spacial score (nSPS) is 17.2. The van der Waals surface area contributed by atoms with Gasteiger partial charge >= 0.3 is 6.18 Å². The molecule has 0 aliphatic carbocycles. The monoisotopic (exact) mass is 451 g/mol. The number of aliphatic hydroxyl groups is 1. The Morgan fingerprint density at radius 2 is 1.84 bits per heavy atom. The van der Waals surface area contributed by atoms with E-state index in [0.717, 1.165) is 62.6 Å². The lowest BCUT2D eigenvalue weighted by molar-refractivity contribution is -0.137. The fraction of sp³-hybridized carbons (Fsp3) is 0.500. The molecule has 2 atom stereocenters. The second-order valence-electron chi connectivity index (χ2n) is 8.24. The van der Waals surface area contributed by atoms with E-state index in [9.17, 15) is 18.3 Å². The van der Waals surface area contributed by atoms with Crippen LogP contribution in [-0.2, 0) is 12.6 Å². The summed E-state index contributed by atoms with van der Waals surface area (Å²) in [6.45, 7) is 7.89. The predicted molar refractivity (Wildman–Crippen MR) is 119 cm³/mol. The van der Waals surface area contributed by atoms with Crippen molar-refractivity contribution in [2.24, 2.45) is 0 Å². The SMILES string of the molecule is CC(Cc1ccc(OCCN2CCNCC2)cc1)NCC(O)c1cccc(C(F)(F)F)c1. The first kappa shape index (κ1) is 24.5. The summed E-state index contributed by atoms with van der Waals surface area (Å²) in [6, 6.07) is 12.8. The van der Waals surface area contributed by atoms with E-state index in [1.165, 1.54) is 12.1 Å². The number of ether oxygens (including phenoxy) is 1. The third kappa shape index (κ3) is 7.78. The van der Waals surface area contributed by atoms with Crippen molar-refractivity contribution in [3.63, 3.8) is 0 Å². The number of hydrogen-bond acceptors (Lipinski definition) is 5. The van der Waals surface area contributed by atoms with E-state index in [1.807, 2.05) is 31.2 Å². The minimum atomic E-state index is -4.42. The Hall–Kier alpha value is -2.13. The number of halogens is 3. The summed E-state index contributed by atoms with van der Waals surface area (Å²) in [5.41, 5.74) is 0.618. The molecule has 3 N–H and O–H groups in total. The van der Waals surface area contributed by atoms with Gasteiger partial charge in [0.25, 0.3) is 0 Å². The van der Waals surface area contributed by atoms with E-state index in [1.54, 1.807) is 0 Å². The Balaban J connectivity index is 1.40. The number of piperazine rings is 1. The predicted octanol–water partition coefficient (Wildman–Crippen LogP) is 3.24. The van der Waals surface area contributed by atoms with Gasteiger partial charge in [0, 0.05) is 45.3 Å². The zero-order valence-corrected chi connectivity index (χ0v) is 18.4. The molecule has 176 valence electrons. The lowest BCUT2D eigenvalue weighted by atomic mass is 10.0. The molecule has 1 fully saturated rings. The standard InChI is InChI=1S/C24H32F3N3O2/c1-18(29-17-23(31)20-3-2-4-21(16-20)24(25,26)27)15-19-5-7-22(8-6-19)32-14-13-30-11-9-28-10-12-30/h2-8,16,18,23,28-29,31H,9-15,17H2,1H3. The third-order valence-corrected chi connectivity index (χ3v) is 5.61. The van der Waals surface area contributed by atoms with Gasteiger partial charge in [0.05, 0.1) is 11.7 Å². The van der Waals surface area contributed by atoms with Crippen LogP contribution in [-0.4, -0.2) is 61.9 Å². The highest BCUT2D eigenvalue weighted by atomic mass is 19.4. The maximum atomic E-state index is 12.9. The van der Waals surface area contributed by atoms with E-state index in [-0.39, 0.29) is 18.2 Å². The number of nitrogens with zero attached hydrogens (tertiary/aromatic N) is 1. The van der Waals surface area contributed by atoms with Crippen molar-refractivity contribution in [3.05, 3.63) is 65.2 Å². The van der Waals surface area contributed by atoms with Crippen molar-refractivity contribution in [2.75, 3.05) is 45.9 Å². The molecule has 0 amide bonds.